The number of carbonyl (C=O) groups excluding carboxylic acids is 1. The number of rotatable bonds is 2. The highest BCUT2D eigenvalue weighted by Crippen LogP contribution is 2.15. The van der Waals surface area contributed by atoms with E-state index in [0.29, 0.717) is 12.1 Å². The monoisotopic (exact) mass is 211 g/mol. The van der Waals surface area contributed by atoms with Gasteiger partial charge in [0.15, 0.2) is 5.82 Å². The molecule has 84 valence electrons. The molecule has 0 unspecified atom stereocenters. The number of hydrogen-bond donors (Lipinski definition) is 1. The minimum Gasteiger partial charge on any atom is -0.456 e. The summed E-state index contributed by atoms with van der Waals surface area (Å²) in [7, 11) is 0. The summed E-state index contributed by atoms with van der Waals surface area (Å²) in [5.41, 5.74) is 5.41. The largest absolute Gasteiger partial charge is 0.456 e. The molecule has 0 fully saturated rings. The normalized spacial score (nSPS) is 11.5. The van der Waals surface area contributed by atoms with Gasteiger partial charge in [0.2, 0.25) is 0 Å². The van der Waals surface area contributed by atoms with Gasteiger partial charge in [0, 0.05) is 12.7 Å². The predicted octanol–water partition coefficient (Wildman–Crippen LogP) is 1.44. The second kappa shape index (κ2) is 3.92. The van der Waals surface area contributed by atoms with Crippen LogP contribution in [0.5, 0.6) is 0 Å². The first-order chi connectivity index (χ1) is 6.83. The maximum atomic E-state index is 11.7. The van der Waals surface area contributed by atoms with Gasteiger partial charge in [-0.3, -0.25) is 4.68 Å². The summed E-state index contributed by atoms with van der Waals surface area (Å²) in [6, 6.07) is 0. The van der Waals surface area contributed by atoms with Gasteiger partial charge in [-0.2, -0.15) is 5.10 Å². The lowest BCUT2D eigenvalue weighted by Crippen LogP contribution is -2.24. The highest BCUT2D eigenvalue weighted by molar-refractivity contribution is 5.94. The lowest BCUT2D eigenvalue weighted by Gasteiger charge is -2.18. The Hall–Kier alpha value is -1.52. The van der Waals surface area contributed by atoms with Crippen LogP contribution in [-0.4, -0.2) is 21.4 Å². The van der Waals surface area contributed by atoms with Crippen molar-refractivity contribution in [2.75, 3.05) is 5.73 Å². The van der Waals surface area contributed by atoms with Gasteiger partial charge < -0.3 is 10.5 Å². The number of ether oxygens (including phenoxy) is 1. The average molecular weight is 211 g/mol. The molecule has 0 saturated carbocycles. The minimum absolute atomic E-state index is 0.214. The fourth-order valence-corrected chi connectivity index (χ4v) is 1.09. The Balaban J connectivity index is 2.87. The van der Waals surface area contributed by atoms with Crippen LogP contribution in [0.4, 0.5) is 5.82 Å². The van der Waals surface area contributed by atoms with Crippen LogP contribution >= 0.6 is 0 Å². The Morgan fingerprint density at radius 2 is 2.20 bits per heavy atom. The summed E-state index contributed by atoms with van der Waals surface area (Å²) < 4.78 is 6.80. The molecule has 0 radical (unpaired) electrons. The SMILES string of the molecule is CCn1cc(C(=O)OC(C)(C)C)c(N)n1. The number of aryl methyl sites for hydroxylation is 1. The second-order valence-electron chi connectivity index (χ2n) is 4.29. The van der Waals surface area contributed by atoms with Crippen molar-refractivity contribution in [2.45, 2.75) is 39.8 Å². The molecule has 0 aliphatic rings. The number of nitrogens with zero attached hydrogens (tertiary/aromatic N) is 2. The first-order valence-corrected chi connectivity index (χ1v) is 4.89. The molecule has 0 atom stereocenters. The van der Waals surface area contributed by atoms with E-state index < -0.39 is 11.6 Å². The van der Waals surface area contributed by atoms with Crippen LogP contribution in [0.25, 0.3) is 0 Å². The number of aromatic nitrogens is 2. The Morgan fingerprint density at radius 1 is 1.60 bits per heavy atom. The van der Waals surface area contributed by atoms with E-state index in [4.69, 9.17) is 10.5 Å². The van der Waals surface area contributed by atoms with Crippen molar-refractivity contribution in [2.24, 2.45) is 0 Å². The van der Waals surface area contributed by atoms with E-state index in [-0.39, 0.29) is 5.82 Å². The summed E-state index contributed by atoms with van der Waals surface area (Å²) in [5, 5.41) is 3.97. The van der Waals surface area contributed by atoms with Crippen molar-refractivity contribution < 1.29 is 9.53 Å². The van der Waals surface area contributed by atoms with E-state index in [0.717, 1.165) is 0 Å². The van der Waals surface area contributed by atoms with Crippen LogP contribution in [0.3, 0.4) is 0 Å². The molecule has 0 amide bonds. The van der Waals surface area contributed by atoms with Gasteiger partial charge in [-0.05, 0) is 27.7 Å². The molecule has 15 heavy (non-hydrogen) atoms. The molecule has 0 aromatic carbocycles. The van der Waals surface area contributed by atoms with Crippen LogP contribution in [0.2, 0.25) is 0 Å². The predicted molar refractivity (Wildman–Crippen MR) is 57.5 cm³/mol. The van der Waals surface area contributed by atoms with Crippen LogP contribution in [-0.2, 0) is 11.3 Å². The van der Waals surface area contributed by atoms with Gasteiger partial charge in [0.1, 0.15) is 11.2 Å². The Morgan fingerprint density at radius 3 is 2.60 bits per heavy atom. The second-order valence-corrected chi connectivity index (χ2v) is 4.29. The highest BCUT2D eigenvalue weighted by Gasteiger charge is 2.21. The summed E-state index contributed by atoms with van der Waals surface area (Å²) in [5.74, 6) is -0.217. The highest BCUT2D eigenvalue weighted by atomic mass is 16.6. The van der Waals surface area contributed by atoms with Crippen LogP contribution < -0.4 is 5.73 Å². The van der Waals surface area contributed by atoms with E-state index in [1.165, 1.54) is 0 Å². The van der Waals surface area contributed by atoms with Crippen molar-refractivity contribution in [3.63, 3.8) is 0 Å². The molecule has 1 rings (SSSR count). The molecule has 0 bridgehead atoms. The van der Waals surface area contributed by atoms with Crippen molar-refractivity contribution in [3.05, 3.63) is 11.8 Å². The van der Waals surface area contributed by atoms with Crippen LogP contribution in [0.15, 0.2) is 6.20 Å². The molecule has 0 aliphatic carbocycles. The smallest absolute Gasteiger partial charge is 0.344 e. The first-order valence-electron chi connectivity index (χ1n) is 4.89. The molecule has 5 heteroatoms. The van der Waals surface area contributed by atoms with Crippen molar-refractivity contribution in [1.29, 1.82) is 0 Å². The van der Waals surface area contributed by atoms with E-state index in [9.17, 15) is 4.79 Å². The van der Waals surface area contributed by atoms with Crippen molar-refractivity contribution in [3.8, 4) is 0 Å². The zero-order valence-electron chi connectivity index (χ0n) is 9.57. The van der Waals surface area contributed by atoms with Gasteiger partial charge >= 0.3 is 5.97 Å². The van der Waals surface area contributed by atoms with E-state index in [2.05, 4.69) is 5.10 Å². The third kappa shape index (κ3) is 2.97. The molecule has 0 saturated heterocycles. The lowest BCUT2D eigenvalue weighted by atomic mass is 10.2. The number of nitrogen functional groups attached to an aromatic ring is 1. The molecular weight excluding hydrogens is 194 g/mol. The fraction of sp³-hybridized carbons (Fsp3) is 0.600. The minimum atomic E-state index is -0.516. The molecule has 5 nitrogen and oxygen atoms in total. The Labute approximate surface area is 89.2 Å². The number of hydrogen-bond acceptors (Lipinski definition) is 4. The lowest BCUT2D eigenvalue weighted by molar-refractivity contribution is 0.00707. The molecular formula is C10H17N3O2. The Kier molecular flexibility index (Phi) is 3.02. The topological polar surface area (TPSA) is 70.1 Å². The quantitative estimate of drug-likeness (QED) is 0.751. The Bertz CT molecular complexity index is 363. The van der Waals surface area contributed by atoms with Gasteiger partial charge in [0.25, 0.3) is 0 Å². The maximum Gasteiger partial charge on any atom is 0.344 e. The van der Waals surface area contributed by atoms with Crippen molar-refractivity contribution in [1.82, 2.24) is 9.78 Å². The first kappa shape index (κ1) is 11.6. The van der Waals surface area contributed by atoms with Gasteiger partial charge in [-0.1, -0.05) is 0 Å². The summed E-state index contributed by atoms with van der Waals surface area (Å²) in [6.45, 7) is 8.03. The number of carbonyl (C=O) groups is 1. The summed E-state index contributed by atoms with van der Waals surface area (Å²) in [6.07, 6.45) is 1.60. The van der Waals surface area contributed by atoms with Crippen molar-refractivity contribution >= 4 is 11.8 Å². The summed E-state index contributed by atoms with van der Waals surface area (Å²) >= 11 is 0. The van der Waals surface area contributed by atoms with E-state index in [1.54, 1.807) is 10.9 Å². The standard InChI is InChI=1S/C10H17N3O2/c1-5-13-6-7(8(11)12-13)9(14)15-10(2,3)4/h6H,5H2,1-4H3,(H2,11,12). The van der Waals surface area contributed by atoms with Crippen LogP contribution in [0, 0.1) is 0 Å². The number of nitrogens with two attached hydrogens (primary N) is 1. The molecule has 0 spiro atoms. The van der Waals surface area contributed by atoms with Crippen LogP contribution in [0.1, 0.15) is 38.1 Å². The maximum absolute atomic E-state index is 11.7. The number of esters is 1. The third-order valence-corrected chi connectivity index (χ3v) is 1.73. The molecule has 0 aliphatic heterocycles. The molecule has 1 heterocycles. The van der Waals surface area contributed by atoms with E-state index in [1.807, 2.05) is 27.7 Å². The van der Waals surface area contributed by atoms with E-state index >= 15 is 0 Å². The molecule has 1 aromatic heterocycles. The average Bonchev–Trinajstić information content (AvgIpc) is 2.43. The summed E-state index contributed by atoms with van der Waals surface area (Å²) in [4.78, 5) is 11.7. The zero-order chi connectivity index (χ0) is 11.6. The van der Waals surface area contributed by atoms with Gasteiger partial charge in [0.05, 0.1) is 0 Å². The third-order valence-electron chi connectivity index (χ3n) is 1.73. The fourth-order valence-electron chi connectivity index (χ4n) is 1.09. The number of anilines is 1. The van der Waals surface area contributed by atoms with Gasteiger partial charge in [-0.15, -0.1) is 0 Å². The molecule has 2 N–H and O–H groups in total. The zero-order valence-corrected chi connectivity index (χ0v) is 9.57. The van der Waals surface area contributed by atoms with Gasteiger partial charge in [-0.25, -0.2) is 4.79 Å². The molecule has 1 aromatic rings.